The molecule has 1 heterocycles. The van der Waals surface area contributed by atoms with E-state index in [1.54, 1.807) is 7.11 Å². The summed E-state index contributed by atoms with van der Waals surface area (Å²) >= 11 is 4.39. The molecular weight excluding hydrogens is 494 g/mol. The standard InChI is InChI=1S/C16H10I2O3/c1-20-11-4-2-9(3-5-11)15-8-14(19)12-6-10(17)7-13(18)16(12)21-15/h2-8H,1H3. The van der Waals surface area contributed by atoms with Crippen molar-refractivity contribution in [3.05, 3.63) is 59.8 Å². The van der Waals surface area contributed by atoms with Gasteiger partial charge in [-0.3, -0.25) is 4.79 Å². The summed E-state index contributed by atoms with van der Waals surface area (Å²) < 4.78 is 13.0. The molecule has 106 valence electrons. The summed E-state index contributed by atoms with van der Waals surface area (Å²) in [4.78, 5) is 12.3. The van der Waals surface area contributed by atoms with Crippen LogP contribution in [0.3, 0.4) is 0 Å². The van der Waals surface area contributed by atoms with Crippen LogP contribution in [0.1, 0.15) is 0 Å². The van der Waals surface area contributed by atoms with Gasteiger partial charge in [0.2, 0.25) is 0 Å². The highest BCUT2D eigenvalue weighted by Crippen LogP contribution is 2.27. The lowest BCUT2D eigenvalue weighted by Gasteiger charge is -2.06. The summed E-state index contributed by atoms with van der Waals surface area (Å²) in [6.07, 6.45) is 0. The summed E-state index contributed by atoms with van der Waals surface area (Å²) in [5.41, 5.74) is 1.46. The van der Waals surface area contributed by atoms with Gasteiger partial charge in [-0.2, -0.15) is 0 Å². The quantitative estimate of drug-likeness (QED) is 0.477. The lowest BCUT2D eigenvalue weighted by molar-refractivity contribution is 0.415. The zero-order chi connectivity index (χ0) is 15.0. The summed E-state index contributed by atoms with van der Waals surface area (Å²) in [5, 5.41) is 0.614. The van der Waals surface area contributed by atoms with E-state index in [2.05, 4.69) is 45.2 Å². The Hall–Kier alpha value is -1.09. The average molecular weight is 504 g/mol. The van der Waals surface area contributed by atoms with Gasteiger partial charge >= 0.3 is 0 Å². The number of hydrogen-bond acceptors (Lipinski definition) is 3. The molecule has 0 radical (unpaired) electrons. The van der Waals surface area contributed by atoms with E-state index in [4.69, 9.17) is 9.15 Å². The van der Waals surface area contributed by atoms with Crippen molar-refractivity contribution in [1.29, 1.82) is 0 Å². The maximum Gasteiger partial charge on any atom is 0.193 e. The maximum atomic E-state index is 12.3. The highest BCUT2D eigenvalue weighted by Gasteiger charge is 2.10. The molecule has 3 aromatic rings. The van der Waals surface area contributed by atoms with Crippen molar-refractivity contribution in [2.24, 2.45) is 0 Å². The summed E-state index contributed by atoms with van der Waals surface area (Å²) in [6, 6.07) is 12.8. The van der Waals surface area contributed by atoms with Crippen LogP contribution < -0.4 is 10.2 Å². The number of halogens is 2. The highest BCUT2D eigenvalue weighted by molar-refractivity contribution is 14.1. The van der Waals surface area contributed by atoms with Crippen molar-refractivity contribution in [2.75, 3.05) is 7.11 Å². The molecule has 0 aliphatic carbocycles. The van der Waals surface area contributed by atoms with Gasteiger partial charge in [0, 0.05) is 15.2 Å². The van der Waals surface area contributed by atoms with Gasteiger partial charge in [-0.15, -0.1) is 0 Å². The van der Waals surface area contributed by atoms with Crippen LogP contribution in [0.5, 0.6) is 5.75 Å². The van der Waals surface area contributed by atoms with E-state index < -0.39 is 0 Å². The van der Waals surface area contributed by atoms with E-state index in [9.17, 15) is 4.79 Å². The minimum atomic E-state index is -0.0292. The Balaban J connectivity index is 2.22. The lowest BCUT2D eigenvalue weighted by atomic mass is 10.1. The molecule has 0 unspecified atom stereocenters. The molecule has 21 heavy (non-hydrogen) atoms. The molecule has 0 spiro atoms. The Bertz CT molecular complexity index is 867. The Morgan fingerprint density at radius 3 is 2.43 bits per heavy atom. The molecule has 0 saturated carbocycles. The first-order chi connectivity index (χ1) is 10.1. The smallest absolute Gasteiger partial charge is 0.193 e. The van der Waals surface area contributed by atoms with Crippen LogP contribution in [0.2, 0.25) is 0 Å². The van der Waals surface area contributed by atoms with Gasteiger partial charge in [0.1, 0.15) is 11.5 Å². The van der Waals surface area contributed by atoms with E-state index in [0.717, 1.165) is 18.5 Å². The molecule has 1 aromatic heterocycles. The Morgan fingerprint density at radius 2 is 1.76 bits per heavy atom. The SMILES string of the molecule is COc1ccc(-c2cc(=O)c3cc(I)cc(I)c3o2)cc1. The Morgan fingerprint density at radius 1 is 1.05 bits per heavy atom. The van der Waals surface area contributed by atoms with E-state index in [-0.39, 0.29) is 5.43 Å². The van der Waals surface area contributed by atoms with E-state index in [1.165, 1.54) is 6.07 Å². The minimum Gasteiger partial charge on any atom is -0.497 e. The van der Waals surface area contributed by atoms with Crippen LogP contribution in [0.25, 0.3) is 22.3 Å². The highest BCUT2D eigenvalue weighted by atomic mass is 127. The van der Waals surface area contributed by atoms with Crippen LogP contribution >= 0.6 is 45.2 Å². The summed E-state index contributed by atoms with van der Waals surface area (Å²) in [7, 11) is 1.62. The number of ether oxygens (including phenoxy) is 1. The number of methoxy groups -OCH3 is 1. The van der Waals surface area contributed by atoms with E-state index in [0.29, 0.717) is 16.7 Å². The van der Waals surface area contributed by atoms with Crippen LogP contribution in [0.15, 0.2) is 51.7 Å². The molecule has 3 rings (SSSR count). The van der Waals surface area contributed by atoms with Gasteiger partial charge in [-0.1, -0.05) is 0 Å². The first-order valence-corrected chi connectivity index (χ1v) is 8.31. The zero-order valence-corrected chi connectivity index (χ0v) is 15.3. The monoisotopic (exact) mass is 504 g/mol. The maximum absolute atomic E-state index is 12.3. The second-order valence-electron chi connectivity index (χ2n) is 4.47. The molecule has 0 bridgehead atoms. The normalized spacial score (nSPS) is 10.8. The third kappa shape index (κ3) is 2.94. The van der Waals surface area contributed by atoms with Crippen molar-refractivity contribution in [3.63, 3.8) is 0 Å². The first-order valence-electron chi connectivity index (χ1n) is 6.16. The Labute approximate surface area is 148 Å². The molecule has 0 aliphatic rings. The molecule has 3 nitrogen and oxygen atoms in total. The zero-order valence-electron chi connectivity index (χ0n) is 11.0. The summed E-state index contributed by atoms with van der Waals surface area (Å²) in [6.45, 7) is 0. The summed E-state index contributed by atoms with van der Waals surface area (Å²) in [5.74, 6) is 1.33. The van der Waals surface area contributed by atoms with Crippen LogP contribution in [0.4, 0.5) is 0 Å². The lowest BCUT2D eigenvalue weighted by Crippen LogP contribution is -2.01. The van der Waals surface area contributed by atoms with Gasteiger partial charge in [-0.05, 0) is 81.6 Å². The molecule has 5 heteroatoms. The van der Waals surface area contributed by atoms with Crippen molar-refractivity contribution < 1.29 is 9.15 Å². The van der Waals surface area contributed by atoms with Crippen LogP contribution in [-0.2, 0) is 0 Å². The van der Waals surface area contributed by atoms with Gasteiger partial charge in [0.25, 0.3) is 0 Å². The van der Waals surface area contributed by atoms with Crippen molar-refractivity contribution in [1.82, 2.24) is 0 Å². The largest absolute Gasteiger partial charge is 0.497 e. The van der Waals surface area contributed by atoms with Gasteiger partial charge < -0.3 is 9.15 Å². The van der Waals surface area contributed by atoms with Crippen LogP contribution in [-0.4, -0.2) is 7.11 Å². The molecule has 2 aromatic carbocycles. The second kappa shape index (κ2) is 5.96. The van der Waals surface area contributed by atoms with Crippen LogP contribution in [0, 0.1) is 7.14 Å². The molecule has 0 aliphatic heterocycles. The third-order valence-corrected chi connectivity index (χ3v) is 4.55. The van der Waals surface area contributed by atoms with Crippen molar-refractivity contribution in [2.45, 2.75) is 0 Å². The molecule has 0 N–H and O–H groups in total. The first kappa shape index (κ1) is 14.8. The van der Waals surface area contributed by atoms with Gasteiger partial charge in [0.05, 0.1) is 16.1 Å². The molecule has 0 fully saturated rings. The predicted molar refractivity (Wildman–Crippen MR) is 99.9 cm³/mol. The fourth-order valence-corrected chi connectivity index (χ4v) is 4.04. The number of benzene rings is 2. The fraction of sp³-hybridized carbons (Fsp3) is 0.0625. The number of fused-ring (bicyclic) bond motifs is 1. The topological polar surface area (TPSA) is 39.4 Å². The molecule has 0 atom stereocenters. The van der Waals surface area contributed by atoms with Gasteiger partial charge in [-0.25, -0.2) is 0 Å². The number of hydrogen-bond donors (Lipinski definition) is 0. The van der Waals surface area contributed by atoms with Crippen molar-refractivity contribution >= 4 is 56.2 Å². The van der Waals surface area contributed by atoms with Crippen molar-refractivity contribution in [3.8, 4) is 17.1 Å². The fourth-order valence-electron chi connectivity index (χ4n) is 2.08. The van der Waals surface area contributed by atoms with Gasteiger partial charge in [0.15, 0.2) is 11.0 Å². The number of rotatable bonds is 2. The Kier molecular flexibility index (Phi) is 4.21. The minimum absolute atomic E-state index is 0.0292. The predicted octanol–water partition coefficient (Wildman–Crippen LogP) is 4.68. The molecular formula is C16H10I2O3. The second-order valence-corrected chi connectivity index (χ2v) is 6.88. The van der Waals surface area contributed by atoms with E-state index >= 15 is 0 Å². The average Bonchev–Trinajstić information content (AvgIpc) is 2.48. The van der Waals surface area contributed by atoms with E-state index in [1.807, 2.05) is 36.4 Å². The molecule has 0 amide bonds. The molecule has 0 saturated heterocycles. The third-order valence-electron chi connectivity index (χ3n) is 3.12.